The monoisotopic (exact) mass is 905 g/mol. The van der Waals surface area contributed by atoms with Gasteiger partial charge in [-0.15, -0.1) is 0 Å². The molecule has 0 aromatic carbocycles. The van der Waals surface area contributed by atoms with E-state index in [9.17, 15) is 56.2 Å². The van der Waals surface area contributed by atoms with Crippen LogP contribution in [0.25, 0.3) is 0 Å². The molecule has 0 aromatic rings. The minimum atomic E-state index is -1.65. The number of rotatable bonds is 12. The first-order valence-corrected chi connectivity index (χ1v) is 23.7. The Hall–Kier alpha value is -0.720. The zero-order valence-corrected chi connectivity index (χ0v) is 37.3. The third kappa shape index (κ3) is 8.60. The fourth-order valence-electron chi connectivity index (χ4n) is 14.1. The Kier molecular flexibility index (Phi) is 14.4. The molecule has 4 aliphatic heterocycles. The number of hydrogen-bond donors (Lipinski definition) is 11. The van der Waals surface area contributed by atoms with Crippen LogP contribution >= 0.6 is 0 Å². The van der Waals surface area contributed by atoms with E-state index in [0.717, 1.165) is 51.4 Å². The van der Waals surface area contributed by atoms with Gasteiger partial charge in [0.2, 0.25) is 0 Å². The number of hydrogen-bond acceptors (Lipinski definition) is 18. The summed E-state index contributed by atoms with van der Waals surface area (Å²) in [6, 6.07) is 0. The van der Waals surface area contributed by atoms with E-state index in [4.69, 9.17) is 33.2 Å². The zero-order valence-electron chi connectivity index (χ0n) is 37.3. The van der Waals surface area contributed by atoms with Crippen molar-refractivity contribution in [3.63, 3.8) is 0 Å². The molecule has 11 N–H and O–H groups in total. The molecule has 0 radical (unpaired) electrons. The molecule has 18 heteroatoms. The minimum absolute atomic E-state index is 0.0204. The molecule has 8 aliphatic rings. The van der Waals surface area contributed by atoms with Gasteiger partial charge in [-0.1, -0.05) is 27.7 Å². The maximum atomic E-state index is 12.0. The van der Waals surface area contributed by atoms with Crippen LogP contribution in [0, 0.1) is 52.3 Å². The van der Waals surface area contributed by atoms with Crippen molar-refractivity contribution in [3.05, 3.63) is 0 Å². The molecule has 4 heterocycles. The van der Waals surface area contributed by atoms with Gasteiger partial charge in [-0.25, -0.2) is 0 Å². The quantitative estimate of drug-likeness (QED) is 0.107. The Balaban J connectivity index is 0.852. The first-order chi connectivity index (χ1) is 29.8. The summed E-state index contributed by atoms with van der Waals surface area (Å²) in [4.78, 5) is 0. The van der Waals surface area contributed by atoms with Gasteiger partial charge in [0, 0.05) is 12.3 Å². The maximum Gasteiger partial charge on any atom is 0.187 e. The van der Waals surface area contributed by atoms with Gasteiger partial charge in [0.25, 0.3) is 0 Å². The fourth-order valence-corrected chi connectivity index (χ4v) is 14.1. The fraction of sp³-hybridized carbons (Fsp3) is 1.00. The second-order valence-corrected chi connectivity index (χ2v) is 21.4. The second-order valence-electron chi connectivity index (χ2n) is 21.4. The lowest BCUT2D eigenvalue weighted by Gasteiger charge is -2.61. The highest BCUT2D eigenvalue weighted by atomic mass is 16.7. The molecule has 0 aromatic heterocycles. The highest BCUT2D eigenvalue weighted by molar-refractivity contribution is 5.15. The van der Waals surface area contributed by atoms with E-state index >= 15 is 0 Å². The summed E-state index contributed by atoms with van der Waals surface area (Å²) in [5, 5.41) is 116. The normalized spacial score (nSPS) is 56.3. The zero-order chi connectivity index (χ0) is 45.5. The predicted molar refractivity (Wildman–Crippen MR) is 218 cm³/mol. The van der Waals surface area contributed by atoms with E-state index in [2.05, 4.69) is 20.8 Å². The molecule has 27 atom stereocenters. The van der Waals surface area contributed by atoms with Crippen LogP contribution in [0.15, 0.2) is 0 Å². The first-order valence-electron chi connectivity index (χ1n) is 23.7. The van der Waals surface area contributed by atoms with Crippen molar-refractivity contribution in [1.29, 1.82) is 0 Å². The molecule has 8 fully saturated rings. The Labute approximate surface area is 369 Å². The highest BCUT2D eigenvalue weighted by Gasteiger charge is 2.68. The lowest BCUT2D eigenvalue weighted by Crippen LogP contribution is -2.64. The molecule has 0 spiro atoms. The highest BCUT2D eigenvalue weighted by Crippen LogP contribution is 2.71. The maximum absolute atomic E-state index is 12.0. The third-order valence-electron chi connectivity index (χ3n) is 17.9. The minimum Gasteiger partial charge on any atom is -0.394 e. The van der Waals surface area contributed by atoms with Gasteiger partial charge in [0.1, 0.15) is 67.1 Å². The molecular formula is C45H76O18. The van der Waals surface area contributed by atoms with E-state index in [1.165, 1.54) is 6.92 Å². The molecule has 63 heavy (non-hydrogen) atoms. The van der Waals surface area contributed by atoms with E-state index in [1.807, 2.05) is 6.92 Å². The predicted octanol–water partition coefficient (Wildman–Crippen LogP) is -0.752. The molecule has 4 saturated heterocycles. The molecule has 4 aliphatic carbocycles. The van der Waals surface area contributed by atoms with Crippen molar-refractivity contribution in [3.8, 4) is 0 Å². The molecule has 364 valence electrons. The van der Waals surface area contributed by atoms with Gasteiger partial charge in [-0.05, 0) is 111 Å². The topological polar surface area (TPSA) is 287 Å². The van der Waals surface area contributed by atoms with Crippen LogP contribution in [0.3, 0.4) is 0 Å². The van der Waals surface area contributed by atoms with Gasteiger partial charge in [-0.3, -0.25) is 0 Å². The van der Waals surface area contributed by atoms with Crippen LogP contribution in [0.5, 0.6) is 0 Å². The van der Waals surface area contributed by atoms with Crippen LogP contribution < -0.4 is 0 Å². The summed E-state index contributed by atoms with van der Waals surface area (Å²) in [6.45, 7) is 9.55. The molecule has 0 bridgehead atoms. The lowest BCUT2D eigenvalue weighted by molar-refractivity contribution is -0.362. The van der Waals surface area contributed by atoms with Crippen LogP contribution in [0.2, 0.25) is 0 Å². The summed E-state index contributed by atoms with van der Waals surface area (Å²) < 4.78 is 41.8. The van der Waals surface area contributed by atoms with Crippen molar-refractivity contribution in [2.45, 2.75) is 209 Å². The summed E-state index contributed by atoms with van der Waals surface area (Å²) in [5.74, 6) is 0.709. The van der Waals surface area contributed by atoms with Gasteiger partial charge >= 0.3 is 0 Å². The van der Waals surface area contributed by atoms with Crippen LogP contribution in [-0.4, -0.2) is 186 Å². The van der Waals surface area contributed by atoms with Crippen molar-refractivity contribution in [2.75, 3.05) is 19.8 Å². The van der Waals surface area contributed by atoms with Crippen molar-refractivity contribution < 1.29 is 89.3 Å². The summed E-state index contributed by atoms with van der Waals surface area (Å²) in [5.41, 5.74) is 0.105. The first kappa shape index (κ1) is 48.7. The van der Waals surface area contributed by atoms with Crippen LogP contribution in [-0.2, 0) is 33.2 Å². The number of aliphatic hydroxyl groups is 11. The Bertz CT molecular complexity index is 1540. The summed E-state index contributed by atoms with van der Waals surface area (Å²) >= 11 is 0. The summed E-state index contributed by atoms with van der Waals surface area (Å²) in [6.07, 6.45) is -12.1. The van der Waals surface area contributed by atoms with E-state index in [-0.39, 0.29) is 47.4 Å². The largest absolute Gasteiger partial charge is 0.394 e. The van der Waals surface area contributed by atoms with Crippen molar-refractivity contribution >= 4 is 0 Å². The Morgan fingerprint density at radius 2 is 1.29 bits per heavy atom. The van der Waals surface area contributed by atoms with Crippen molar-refractivity contribution in [1.82, 2.24) is 0 Å². The van der Waals surface area contributed by atoms with Gasteiger partial charge in [0.15, 0.2) is 24.7 Å². The van der Waals surface area contributed by atoms with E-state index < -0.39 is 111 Å². The molecule has 3 unspecified atom stereocenters. The molecular weight excluding hydrogens is 828 g/mol. The molecule has 18 nitrogen and oxygen atoms in total. The van der Waals surface area contributed by atoms with Crippen LogP contribution in [0.1, 0.15) is 98.8 Å². The van der Waals surface area contributed by atoms with Gasteiger partial charge in [0.05, 0.1) is 38.1 Å². The number of fused-ring (bicyclic) bond motifs is 7. The van der Waals surface area contributed by atoms with Crippen molar-refractivity contribution in [2.24, 2.45) is 52.3 Å². The molecule has 4 saturated carbocycles. The lowest BCUT2D eigenvalue weighted by atomic mass is 9.44. The Morgan fingerprint density at radius 1 is 0.651 bits per heavy atom. The van der Waals surface area contributed by atoms with E-state index in [1.54, 1.807) is 0 Å². The standard InChI is InChI=1S/C45H76O18/c1-19(18-57-40-36(53)35(52)32(49)28(16-46)60-40)8-13-45(56)20(2)30-27(63-45)15-26-24-7-6-22-14-23(9-11-43(22,4)25(24)10-12-44(26,30)5)59-42-38(55)39(33(50)29(17-47)61-42)62-41-37(54)34(51)31(48)21(3)58-41/h19-42,46-56H,6-18H2,1-5H3/t19?,20-,21-,22-,23?,24+,25-,26-,27-,28+,29+,30-,31-,32+,33+,34+,35-,36+,37+,38+,39-,40+,41-,42+,43-,44-,45?/m0/s1. The molecule has 0 amide bonds. The van der Waals surface area contributed by atoms with Crippen LogP contribution in [0.4, 0.5) is 0 Å². The SMILES string of the molecule is CC(CCC1(O)O[C@H]2C[C@H]3[C@@H]4CC[C@H]5CC(O[C@@H]6O[C@H](CO)[C@@H](O)[C@H](O[C@@H]7O[C@@H](C)[C@H](O)[C@@H](O)[C@H]7O)[C@H]6O)CC[C@]5(C)[C@H]4CC[C@]3(C)[C@H]2[C@@H]1C)CO[C@@H]1O[C@H](CO)[C@@H](O)[C@H](O)[C@H]1O. The molecule has 8 rings (SSSR count). The second kappa shape index (κ2) is 18.6. The van der Waals surface area contributed by atoms with Gasteiger partial charge < -0.3 is 89.3 Å². The third-order valence-corrected chi connectivity index (χ3v) is 17.9. The number of ether oxygens (including phenoxy) is 7. The summed E-state index contributed by atoms with van der Waals surface area (Å²) in [7, 11) is 0. The smallest absolute Gasteiger partial charge is 0.187 e. The average Bonchev–Trinajstić information content (AvgIpc) is 3.70. The Morgan fingerprint density at radius 3 is 2.00 bits per heavy atom. The van der Waals surface area contributed by atoms with E-state index in [0.29, 0.717) is 36.5 Å². The number of aliphatic hydroxyl groups excluding tert-OH is 10. The van der Waals surface area contributed by atoms with Gasteiger partial charge in [-0.2, -0.15) is 0 Å². The average molecular weight is 905 g/mol.